The van der Waals surface area contributed by atoms with Gasteiger partial charge in [-0.25, -0.2) is 9.78 Å². The van der Waals surface area contributed by atoms with Crippen molar-refractivity contribution >= 4 is 17.7 Å². The smallest absolute Gasteiger partial charge is 0.475 e. The zero-order chi connectivity index (χ0) is 20.9. The number of halogens is 3. The molecule has 1 aromatic rings. The van der Waals surface area contributed by atoms with Gasteiger partial charge in [-0.1, -0.05) is 13.0 Å². The summed E-state index contributed by atoms with van der Waals surface area (Å²) < 4.78 is 37.6. The highest BCUT2D eigenvalue weighted by molar-refractivity contribution is 5.73. The number of carbonyl (C=O) groups excluding carboxylic acids is 1. The highest BCUT2D eigenvalue weighted by Crippen LogP contribution is 2.39. The molecule has 2 aliphatic rings. The number of hydrogen-bond acceptors (Lipinski definition) is 5. The minimum atomic E-state index is -5.08. The molecule has 3 rings (SSSR count). The minimum Gasteiger partial charge on any atom is -0.475 e. The van der Waals surface area contributed by atoms with E-state index in [1.165, 1.54) is 0 Å². The average molecular weight is 403 g/mol. The van der Waals surface area contributed by atoms with Crippen molar-refractivity contribution < 1.29 is 32.6 Å². The monoisotopic (exact) mass is 403 g/mol. The van der Waals surface area contributed by atoms with Crippen LogP contribution >= 0.6 is 0 Å². The molecule has 1 spiro atoms. The van der Waals surface area contributed by atoms with Gasteiger partial charge < -0.3 is 19.6 Å². The lowest BCUT2D eigenvalue weighted by molar-refractivity contribution is -0.192. The van der Waals surface area contributed by atoms with Crippen molar-refractivity contribution in [2.45, 2.75) is 20.0 Å². The van der Waals surface area contributed by atoms with Crippen molar-refractivity contribution in [2.75, 3.05) is 44.3 Å². The maximum atomic E-state index is 11.8. The largest absolute Gasteiger partial charge is 0.490 e. The van der Waals surface area contributed by atoms with Crippen molar-refractivity contribution in [3.63, 3.8) is 0 Å². The van der Waals surface area contributed by atoms with Crippen LogP contribution < -0.4 is 4.90 Å². The Morgan fingerprint density at radius 2 is 2.00 bits per heavy atom. The molecule has 1 aromatic heterocycles. The number of anilines is 1. The predicted molar refractivity (Wildman–Crippen MR) is 94.8 cm³/mol. The van der Waals surface area contributed by atoms with Crippen LogP contribution in [-0.4, -0.2) is 72.4 Å². The van der Waals surface area contributed by atoms with Gasteiger partial charge in [0.25, 0.3) is 0 Å². The highest BCUT2D eigenvalue weighted by atomic mass is 19.4. The molecule has 10 heteroatoms. The second-order valence-electron chi connectivity index (χ2n) is 7.13. The third kappa shape index (κ3) is 5.34. The Bertz CT molecular complexity index is 686. The van der Waals surface area contributed by atoms with Crippen LogP contribution in [0.5, 0.6) is 0 Å². The number of pyridine rings is 1. The number of rotatable bonds is 1. The van der Waals surface area contributed by atoms with Crippen LogP contribution in [0.25, 0.3) is 0 Å². The molecule has 2 atom stereocenters. The van der Waals surface area contributed by atoms with Crippen LogP contribution in [0.1, 0.15) is 13.8 Å². The number of alkyl halides is 3. The lowest BCUT2D eigenvalue weighted by Gasteiger charge is -2.34. The number of aliphatic carboxylic acids is 1. The van der Waals surface area contributed by atoms with Gasteiger partial charge in [0.1, 0.15) is 5.82 Å². The topological polar surface area (TPSA) is 83.0 Å². The Balaban J connectivity index is 0.000000345. The van der Waals surface area contributed by atoms with Gasteiger partial charge in [0.15, 0.2) is 0 Å². The zero-order valence-electron chi connectivity index (χ0n) is 15.8. The standard InChI is InChI=1S/C16H23N3O2.C2HF3O2/c1-13-9-19(15-5-3-4-6-17-15)11-16(13)10-18(14(2)20)7-8-21-12-16;3-2(4,5)1(6)7/h3-6,13H,7-12H2,1-2H3;(H,6,7)/t13-,16-;/m0./s1. The van der Waals surface area contributed by atoms with E-state index < -0.39 is 12.1 Å². The molecular formula is C18H24F3N3O4. The molecule has 0 aliphatic carbocycles. The van der Waals surface area contributed by atoms with Gasteiger partial charge in [0, 0.05) is 44.7 Å². The van der Waals surface area contributed by atoms with Crippen molar-refractivity contribution in [1.82, 2.24) is 9.88 Å². The van der Waals surface area contributed by atoms with Crippen LogP contribution in [0.3, 0.4) is 0 Å². The molecule has 1 amide bonds. The summed E-state index contributed by atoms with van der Waals surface area (Å²) in [5.41, 5.74) is 0.0136. The zero-order valence-corrected chi connectivity index (χ0v) is 15.8. The molecule has 0 unspecified atom stereocenters. The number of hydrogen-bond donors (Lipinski definition) is 1. The van der Waals surface area contributed by atoms with Gasteiger partial charge >= 0.3 is 12.1 Å². The highest BCUT2D eigenvalue weighted by Gasteiger charge is 2.47. The van der Waals surface area contributed by atoms with Crippen molar-refractivity contribution in [3.8, 4) is 0 Å². The SMILES string of the molecule is CC(=O)N1CCOC[C@]2(C1)CN(c1ccccn1)C[C@@H]2C.O=C(O)C(F)(F)F. The van der Waals surface area contributed by atoms with E-state index in [1.807, 2.05) is 29.3 Å². The van der Waals surface area contributed by atoms with Crippen LogP contribution in [0.15, 0.2) is 24.4 Å². The molecule has 1 N–H and O–H groups in total. The van der Waals surface area contributed by atoms with Crippen LogP contribution in [0.2, 0.25) is 0 Å². The summed E-state index contributed by atoms with van der Waals surface area (Å²) in [6.45, 7) is 8.62. The molecule has 0 bridgehead atoms. The van der Waals surface area contributed by atoms with E-state index in [0.29, 0.717) is 19.1 Å². The van der Waals surface area contributed by atoms with E-state index in [4.69, 9.17) is 14.6 Å². The first-order chi connectivity index (χ1) is 13.0. The Morgan fingerprint density at radius 3 is 2.54 bits per heavy atom. The summed E-state index contributed by atoms with van der Waals surface area (Å²) in [6.07, 6.45) is -3.25. The summed E-state index contributed by atoms with van der Waals surface area (Å²) in [4.78, 5) is 29.4. The minimum absolute atomic E-state index is 0.0136. The van der Waals surface area contributed by atoms with Crippen molar-refractivity contribution in [1.29, 1.82) is 0 Å². The molecule has 0 saturated carbocycles. The number of ether oxygens (including phenoxy) is 1. The summed E-state index contributed by atoms with van der Waals surface area (Å²) in [5, 5.41) is 7.12. The summed E-state index contributed by atoms with van der Waals surface area (Å²) in [5.74, 6) is -1.13. The van der Waals surface area contributed by atoms with Gasteiger partial charge in [-0.2, -0.15) is 13.2 Å². The molecule has 3 heterocycles. The number of amides is 1. The van der Waals surface area contributed by atoms with E-state index in [2.05, 4.69) is 16.8 Å². The molecular weight excluding hydrogens is 379 g/mol. The van der Waals surface area contributed by atoms with E-state index in [9.17, 15) is 18.0 Å². The molecule has 2 fully saturated rings. The molecule has 2 saturated heterocycles. The number of nitrogens with zero attached hydrogens (tertiary/aromatic N) is 3. The number of carbonyl (C=O) groups is 2. The molecule has 0 aromatic carbocycles. The van der Waals surface area contributed by atoms with Gasteiger partial charge in [0.05, 0.1) is 13.2 Å². The fraction of sp³-hybridized carbons (Fsp3) is 0.611. The third-order valence-corrected chi connectivity index (χ3v) is 5.11. The molecule has 0 radical (unpaired) electrons. The van der Waals surface area contributed by atoms with Crippen molar-refractivity contribution in [2.24, 2.45) is 11.3 Å². The van der Waals surface area contributed by atoms with Crippen LogP contribution in [0.4, 0.5) is 19.0 Å². The maximum Gasteiger partial charge on any atom is 0.490 e. The van der Waals surface area contributed by atoms with E-state index in [1.54, 1.807) is 6.92 Å². The maximum absolute atomic E-state index is 11.8. The van der Waals surface area contributed by atoms with Gasteiger partial charge in [-0.15, -0.1) is 0 Å². The summed E-state index contributed by atoms with van der Waals surface area (Å²) >= 11 is 0. The first-order valence-electron chi connectivity index (χ1n) is 8.84. The third-order valence-electron chi connectivity index (χ3n) is 5.11. The van der Waals surface area contributed by atoms with Crippen molar-refractivity contribution in [3.05, 3.63) is 24.4 Å². The first kappa shape index (κ1) is 21.9. The van der Waals surface area contributed by atoms with Crippen LogP contribution in [0, 0.1) is 11.3 Å². The lowest BCUT2D eigenvalue weighted by atomic mass is 9.79. The van der Waals surface area contributed by atoms with Crippen LogP contribution in [-0.2, 0) is 14.3 Å². The summed E-state index contributed by atoms with van der Waals surface area (Å²) in [7, 11) is 0. The fourth-order valence-electron chi connectivity index (χ4n) is 3.46. The van der Waals surface area contributed by atoms with Gasteiger partial charge in [-0.05, 0) is 18.1 Å². The predicted octanol–water partition coefficient (Wildman–Crippen LogP) is 2.04. The van der Waals surface area contributed by atoms with Gasteiger partial charge in [-0.3, -0.25) is 4.79 Å². The fourth-order valence-corrected chi connectivity index (χ4v) is 3.46. The first-order valence-corrected chi connectivity index (χ1v) is 8.84. The second kappa shape index (κ2) is 8.76. The number of aromatic nitrogens is 1. The van der Waals surface area contributed by atoms with Gasteiger partial charge in [0.2, 0.25) is 5.91 Å². The Kier molecular flexibility index (Phi) is 6.87. The van der Waals surface area contributed by atoms with E-state index in [-0.39, 0.29) is 11.3 Å². The lowest BCUT2D eigenvalue weighted by Crippen LogP contribution is -2.45. The second-order valence-corrected chi connectivity index (χ2v) is 7.13. The molecule has 28 heavy (non-hydrogen) atoms. The molecule has 156 valence electrons. The van der Waals surface area contributed by atoms with E-state index >= 15 is 0 Å². The number of carboxylic acids is 1. The Labute approximate surface area is 161 Å². The quantitative estimate of drug-likeness (QED) is 0.773. The Hall–Kier alpha value is -2.36. The summed E-state index contributed by atoms with van der Waals surface area (Å²) in [6, 6.07) is 6.00. The van der Waals surface area contributed by atoms with E-state index in [0.717, 1.165) is 32.1 Å². The number of carboxylic acid groups (broad SMARTS) is 1. The normalized spacial score (nSPS) is 25.1. The average Bonchev–Trinajstić information content (AvgIpc) is 2.80. The molecule has 2 aliphatic heterocycles. The Morgan fingerprint density at radius 1 is 1.32 bits per heavy atom. The molecule has 7 nitrogen and oxygen atoms in total.